The van der Waals surface area contributed by atoms with Gasteiger partial charge in [-0.1, -0.05) is 6.07 Å². The summed E-state index contributed by atoms with van der Waals surface area (Å²) in [4.78, 5) is 8.07. The molecule has 0 amide bonds. The number of fused-ring (bicyclic) bond motifs is 1. The molecule has 0 radical (unpaired) electrons. The average Bonchev–Trinajstić information content (AvgIpc) is 2.80. The Kier molecular flexibility index (Phi) is 3.52. The summed E-state index contributed by atoms with van der Waals surface area (Å²) in [7, 11) is -3.24. The van der Waals surface area contributed by atoms with E-state index in [9.17, 15) is 8.42 Å². The van der Waals surface area contributed by atoms with Crippen molar-refractivity contribution in [3.05, 3.63) is 24.0 Å². The Hall–Kier alpha value is -1.40. The molecule has 0 spiro atoms. The summed E-state index contributed by atoms with van der Waals surface area (Å²) < 4.78 is 23.6. The third-order valence-electron chi connectivity index (χ3n) is 3.81. The normalized spacial score (nSPS) is 20.4. The largest absolute Gasteiger partial charge is 0.342 e. The average molecular weight is 293 g/mol. The zero-order valence-corrected chi connectivity index (χ0v) is 12.3. The second-order valence-corrected chi connectivity index (χ2v) is 7.51. The number of benzene rings is 1. The lowest BCUT2D eigenvalue weighted by atomic mass is 9.96. The molecule has 1 aliphatic heterocycles. The highest BCUT2D eigenvalue weighted by Crippen LogP contribution is 2.23. The van der Waals surface area contributed by atoms with E-state index in [4.69, 9.17) is 0 Å². The summed E-state index contributed by atoms with van der Waals surface area (Å²) >= 11 is 0. The molecule has 3 rings (SSSR count). The van der Waals surface area contributed by atoms with Crippen molar-refractivity contribution < 1.29 is 8.42 Å². The van der Waals surface area contributed by atoms with Gasteiger partial charge in [0.2, 0.25) is 0 Å². The summed E-state index contributed by atoms with van der Waals surface area (Å²) in [6.45, 7) is 2.10. The SMILES string of the molecule is CS(=O)(=O)c1cccc2[nH]c(CC3CCCNC3)nc12. The molecule has 2 N–H and O–H groups in total. The molecular weight excluding hydrogens is 274 g/mol. The van der Waals surface area contributed by atoms with E-state index in [2.05, 4.69) is 15.3 Å². The van der Waals surface area contributed by atoms with Crippen LogP contribution >= 0.6 is 0 Å². The second-order valence-electron chi connectivity index (χ2n) is 5.52. The molecule has 0 bridgehead atoms. The van der Waals surface area contributed by atoms with Crippen LogP contribution in [-0.2, 0) is 16.3 Å². The van der Waals surface area contributed by atoms with E-state index in [-0.39, 0.29) is 0 Å². The van der Waals surface area contributed by atoms with E-state index in [1.165, 1.54) is 19.1 Å². The number of imidazole rings is 1. The number of aromatic amines is 1. The van der Waals surface area contributed by atoms with Crippen molar-refractivity contribution in [1.29, 1.82) is 0 Å². The number of H-pyrrole nitrogens is 1. The number of para-hydroxylation sites is 1. The van der Waals surface area contributed by atoms with E-state index in [0.29, 0.717) is 16.3 Å². The van der Waals surface area contributed by atoms with E-state index >= 15 is 0 Å². The highest BCUT2D eigenvalue weighted by Gasteiger charge is 2.18. The zero-order chi connectivity index (χ0) is 14.2. The maximum Gasteiger partial charge on any atom is 0.177 e. The van der Waals surface area contributed by atoms with Crippen molar-refractivity contribution in [2.75, 3.05) is 19.3 Å². The minimum absolute atomic E-state index is 0.305. The third-order valence-corrected chi connectivity index (χ3v) is 4.93. The van der Waals surface area contributed by atoms with Gasteiger partial charge in [0.1, 0.15) is 11.3 Å². The Morgan fingerprint density at radius 1 is 1.40 bits per heavy atom. The first-order valence-corrected chi connectivity index (χ1v) is 8.81. The molecule has 2 heterocycles. The molecule has 0 saturated carbocycles. The maximum absolute atomic E-state index is 11.8. The van der Waals surface area contributed by atoms with Crippen molar-refractivity contribution in [3.8, 4) is 0 Å². The number of nitrogens with one attached hydrogen (secondary N) is 2. The van der Waals surface area contributed by atoms with Gasteiger partial charge in [-0.15, -0.1) is 0 Å². The highest BCUT2D eigenvalue weighted by atomic mass is 32.2. The molecule has 108 valence electrons. The van der Waals surface area contributed by atoms with E-state index in [1.807, 2.05) is 6.07 Å². The fourth-order valence-electron chi connectivity index (χ4n) is 2.82. The van der Waals surface area contributed by atoms with Crippen LogP contribution < -0.4 is 5.32 Å². The number of aromatic nitrogens is 2. The Labute approximate surface area is 118 Å². The molecule has 1 fully saturated rings. The standard InChI is InChI=1S/C14H19N3O2S/c1-20(18,19)12-6-2-5-11-14(12)17-13(16-11)8-10-4-3-7-15-9-10/h2,5-6,10,15H,3-4,7-9H2,1H3,(H,16,17). The smallest absolute Gasteiger partial charge is 0.177 e. The zero-order valence-electron chi connectivity index (χ0n) is 11.5. The quantitative estimate of drug-likeness (QED) is 0.899. The van der Waals surface area contributed by atoms with Crippen LogP contribution in [0.1, 0.15) is 18.7 Å². The van der Waals surface area contributed by atoms with Crippen molar-refractivity contribution in [2.45, 2.75) is 24.2 Å². The molecule has 1 unspecified atom stereocenters. The molecule has 0 aliphatic carbocycles. The number of hydrogen-bond donors (Lipinski definition) is 2. The summed E-state index contributed by atoms with van der Waals surface area (Å²) in [5.74, 6) is 1.45. The molecule has 20 heavy (non-hydrogen) atoms. The van der Waals surface area contributed by atoms with Gasteiger partial charge in [0.05, 0.1) is 10.4 Å². The first kappa shape index (κ1) is 13.6. The highest BCUT2D eigenvalue weighted by molar-refractivity contribution is 7.91. The summed E-state index contributed by atoms with van der Waals surface area (Å²) in [6, 6.07) is 5.24. The third kappa shape index (κ3) is 2.71. The Balaban J connectivity index is 1.94. The van der Waals surface area contributed by atoms with Gasteiger partial charge in [-0.2, -0.15) is 0 Å². The van der Waals surface area contributed by atoms with Gasteiger partial charge >= 0.3 is 0 Å². The molecular formula is C14H19N3O2S. The maximum atomic E-state index is 11.8. The van der Waals surface area contributed by atoms with Crippen molar-refractivity contribution in [2.24, 2.45) is 5.92 Å². The van der Waals surface area contributed by atoms with Gasteiger partial charge in [0.15, 0.2) is 9.84 Å². The minimum Gasteiger partial charge on any atom is -0.342 e. The van der Waals surface area contributed by atoms with Gasteiger partial charge in [0, 0.05) is 12.7 Å². The van der Waals surface area contributed by atoms with Crippen LogP contribution in [0.2, 0.25) is 0 Å². The van der Waals surface area contributed by atoms with Crippen LogP contribution in [0.3, 0.4) is 0 Å². The lowest BCUT2D eigenvalue weighted by molar-refractivity contribution is 0.371. The Bertz CT molecular complexity index is 715. The van der Waals surface area contributed by atoms with Crippen LogP contribution in [0.15, 0.2) is 23.1 Å². The minimum atomic E-state index is -3.24. The number of hydrogen-bond acceptors (Lipinski definition) is 4. The molecule has 6 heteroatoms. The number of rotatable bonds is 3. The lowest BCUT2D eigenvalue weighted by Gasteiger charge is -2.21. The molecule has 1 atom stereocenters. The Morgan fingerprint density at radius 2 is 2.25 bits per heavy atom. The first-order valence-electron chi connectivity index (χ1n) is 6.92. The van der Waals surface area contributed by atoms with Gasteiger partial charge in [-0.3, -0.25) is 0 Å². The van der Waals surface area contributed by atoms with Crippen LogP contribution in [0.25, 0.3) is 11.0 Å². The van der Waals surface area contributed by atoms with Gasteiger partial charge < -0.3 is 10.3 Å². The van der Waals surface area contributed by atoms with Gasteiger partial charge in [-0.05, 0) is 44.0 Å². The molecule has 1 aliphatic rings. The second kappa shape index (κ2) is 5.18. The fraction of sp³-hybridized carbons (Fsp3) is 0.500. The topological polar surface area (TPSA) is 74.8 Å². The van der Waals surface area contributed by atoms with Crippen molar-refractivity contribution in [3.63, 3.8) is 0 Å². The van der Waals surface area contributed by atoms with E-state index < -0.39 is 9.84 Å². The van der Waals surface area contributed by atoms with Crippen LogP contribution in [0.4, 0.5) is 0 Å². The van der Waals surface area contributed by atoms with Crippen LogP contribution in [0, 0.1) is 5.92 Å². The van der Waals surface area contributed by atoms with Crippen LogP contribution in [0.5, 0.6) is 0 Å². The molecule has 1 aromatic carbocycles. The number of piperidine rings is 1. The Morgan fingerprint density at radius 3 is 2.95 bits per heavy atom. The van der Waals surface area contributed by atoms with Crippen LogP contribution in [-0.4, -0.2) is 37.7 Å². The van der Waals surface area contributed by atoms with E-state index in [0.717, 1.165) is 30.9 Å². The predicted octanol–water partition coefficient (Wildman–Crippen LogP) is 1.51. The number of nitrogens with zero attached hydrogens (tertiary/aromatic N) is 1. The summed E-state index contributed by atoms with van der Waals surface area (Å²) in [5.41, 5.74) is 1.36. The van der Waals surface area contributed by atoms with Crippen molar-refractivity contribution >= 4 is 20.9 Å². The fourth-order valence-corrected chi connectivity index (χ4v) is 3.66. The van der Waals surface area contributed by atoms with E-state index in [1.54, 1.807) is 12.1 Å². The molecule has 1 aromatic heterocycles. The molecule has 5 nitrogen and oxygen atoms in total. The first-order chi connectivity index (χ1) is 9.54. The van der Waals surface area contributed by atoms with Crippen molar-refractivity contribution in [1.82, 2.24) is 15.3 Å². The summed E-state index contributed by atoms with van der Waals surface area (Å²) in [5, 5.41) is 3.39. The monoisotopic (exact) mass is 293 g/mol. The predicted molar refractivity (Wildman–Crippen MR) is 78.5 cm³/mol. The number of sulfone groups is 1. The lowest BCUT2D eigenvalue weighted by Crippen LogP contribution is -2.31. The van der Waals surface area contributed by atoms with Gasteiger partial charge in [0.25, 0.3) is 0 Å². The molecule has 1 saturated heterocycles. The van der Waals surface area contributed by atoms with Gasteiger partial charge in [-0.25, -0.2) is 13.4 Å². The summed E-state index contributed by atoms with van der Waals surface area (Å²) in [6.07, 6.45) is 4.48. The molecule has 2 aromatic rings.